The van der Waals surface area contributed by atoms with Gasteiger partial charge in [-0.15, -0.1) is 0 Å². The molecular weight excluding hydrogens is 278 g/mol. The Morgan fingerprint density at radius 2 is 2.00 bits per heavy atom. The maximum atomic E-state index is 12.2. The molecule has 0 aliphatic carbocycles. The average Bonchev–Trinajstić information content (AvgIpc) is 2.52. The van der Waals surface area contributed by atoms with Gasteiger partial charge in [0.2, 0.25) is 0 Å². The molecule has 1 saturated heterocycles. The van der Waals surface area contributed by atoms with Gasteiger partial charge in [-0.1, -0.05) is 12.5 Å². The van der Waals surface area contributed by atoms with Crippen molar-refractivity contribution in [2.45, 2.75) is 25.7 Å². The molecule has 0 unspecified atom stereocenters. The summed E-state index contributed by atoms with van der Waals surface area (Å²) >= 11 is 0. The van der Waals surface area contributed by atoms with Gasteiger partial charge in [0, 0.05) is 20.6 Å². The SMILES string of the molecule is CN(C)C(=O)c1cccc(N)c1OCCCN1CCCCC1. The molecule has 22 heavy (non-hydrogen) atoms. The van der Waals surface area contributed by atoms with Crippen LogP contribution in [0, 0.1) is 0 Å². The third-order valence-corrected chi connectivity index (χ3v) is 4.00. The number of benzene rings is 1. The predicted molar refractivity (Wildman–Crippen MR) is 89.3 cm³/mol. The summed E-state index contributed by atoms with van der Waals surface area (Å²) < 4.78 is 5.83. The number of para-hydroxylation sites is 1. The van der Waals surface area contributed by atoms with Crippen LogP contribution in [0.15, 0.2) is 18.2 Å². The number of piperidine rings is 1. The zero-order valence-electron chi connectivity index (χ0n) is 13.7. The lowest BCUT2D eigenvalue weighted by molar-refractivity contribution is 0.0823. The lowest BCUT2D eigenvalue weighted by atomic mass is 10.1. The summed E-state index contributed by atoms with van der Waals surface area (Å²) in [6, 6.07) is 5.32. The fourth-order valence-corrected chi connectivity index (χ4v) is 2.77. The Morgan fingerprint density at radius 3 is 2.68 bits per heavy atom. The van der Waals surface area contributed by atoms with Crippen LogP contribution in [0.2, 0.25) is 0 Å². The first-order chi connectivity index (χ1) is 10.6. The lowest BCUT2D eigenvalue weighted by Gasteiger charge is -2.26. The molecule has 0 atom stereocenters. The first-order valence-electron chi connectivity index (χ1n) is 8.05. The van der Waals surface area contributed by atoms with Crippen molar-refractivity contribution < 1.29 is 9.53 Å². The fraction of sp³-hybridized carbons (Fsp3) is 0.588. The van der Waals surface area contributed by atoms with Crippen LogP contribution in [-0.4, -0.2) is 56.0 Å². The van der Waals surface area contributed by atoms with Crippen LogP contribution < -0.4 is 10.5 Å². The van der Waals surface area contributed by atoms with Crippen molar-refractivity contribution in [3.8, 4) is 5.75 Å². The van der Waals surface area contributed by atoms with E-state index in [0.717, 1.165) is 13.0 Å². The van der Waals surface area contributed by atoms with Crippen molar-refractivity contribution in [3.63, 3.8) is 0 Å². The van der Waals surface area contributed by atoms with Crippen LogP contribution in [0.4, 0.5) is 5.69 Å². The lowest BCUT2D eigenvalue weighted by Crippen LogP contribution is -2.31. The van der Waals surface area contributed by atoms with Crippen molar-refractivity contribution >= 4 is 11.6 Å². The number of rotatable bonds is 6. The number of hydrogen-bond acceptors (Lipinski definition) is 4. The van der Waals surface area contributed by atoms with E-state index in [4.69, 9.17) is 10.5 Å². The molecule has 0 aromatic heterocycles. The second-order valence-electron chi connectivity index (χ2n) is 6.03. The molecule has 1 amide bonds. The summed E-state index contributed by atoms with van der Waals surface area (Å²) in [6.45, 7) is 4.01. The number of nitrogen functional groups attached to an aromatic ring is 1. The zero-order valence-corrected chi connectivity index (χ0v) is 13.7. The third kappa shape index (κ3) is 4.37. The second kappa shape index (κ2) is 8.03. The summed E-state index contributed by atoms with van der Waals surface area (Å²) in [6.07, 6.45) is 4.90. The molecule has 0 spiro atoms. The number of carbonyl (C=O) groups excluding carboxylic acids is 1. The van der Waals surface area contributed by atoms with Crippen molar-refractivity contribution in [1.82, 2.24) is 9.80 Å². The van der Waals surface area contributed by atoms with Crippen LogP contribution in [-0.2, 0) is 0 Å². The summed E-state index contributed by atoms with van der Waals surface area (Å²) in [5.41, 5.74) is 7.03. The molecule has 5 heteroatoms. The van der Waals surface area contributed by atoms with E-state index in [1.807, 2.05) is 0 Å². The Hall–Kier alpha value is -1.75. The van der Waals surface area contributed by atoms with E-state index in [2.05, 4.69) is 4.90 Å². The van der Waals surface area contributed by atoms with E-state index < -0.39 is 0 Å². The maximum Gasteiger partial charge on any atom is 0.257 e. The third-order valence-electron chi connectivity index (χ3n) is 4.00. The second-order valence-corrected chi connectivity index (χ2v) is 6.03. The van der Waals surface area contributed by atoms with E-state index in [-0.39, 0.29) is 5.91 Å². The highest BCUT2D eigenvalue weighted by Gasteiger charge is 2.17. The first-order valence-corrected chi connectivity index (χ1v) is 8.05. The molecule has 1 aromatic rings. The highest BCUT2D eigenvalue weighted by atomic mass is 16.5. The Bertz CT molecular complexity index is 497. The first kappa shape index (κ1) is 16.6. The number of anilines is 1. The molecule has 1 heterocycles. The minimum Gasteiger partial charge on any atom is -0.491 e. The number of likely N-dealkylation sites (tertiary alicyclic amines) is 1. The van der Waals surface area contributed by atoms with Crippen LogP contribution in [0.3, 0.4) is 0 Å². The largest absolute Gasteiger partial charge is 0.491 e. The van der Waals surface area contributed by atoms with E-state index in [9.17, 15) is 4.79 Å². The molecular formula is C17H27N3O2. The molecule has 1 aliphatic rings. The summed E-state index contributed by atoms with van der Waals surface area (Å²) in [4.78, 5) is 16.2. The van der Waals surface area contributed by atoms with Crippen LogP contribution in [0.1, 0.15) is 36.0 Å². The standard InChI is InChI=1S/C17H27N3O2/c1-19(2)17(21)14-8-6-9-15(18)16(14)22-13-7-12-20-10-4-3-5-11-20/h6,8-9H,3-5,7,10-13,18H2,1-2H3. The van der Waals surface area contributed by atoms with Gasteiger partial charge in [-0.05, 0) is 44.5 Å². The molecule has 0 radical (unpaired) electrons. The van der Waals surface area contributed by atoms with Gasteiger partial charge in [0.25, 0.3) is 5.91 Å². The number of carbonyl (C=O) groups is 1. The van der Waals surface area contributed by atoms with Crippen LogP contribution in [0.5, 0.6) is 5.75 Å². The number of nitrogens with two attached hydrogens (primary N) is 1. The Labute approximate surface area is 133 Å². The number of nitrogens with zero attached hydrogens (tertiary/aromatic N) is 2. The summed E-state index contributed by atoms with van der Waals surface area (Å²) in [5, 5.41) is 0. The van der Waals surface area contributed by atoms with Crippen molar-refractivity contribution in [2.75, 3.05) is 46.1 Å². The molecule has 1 fully saturated rings. The normalized spacial score (nSPS) is 15.5. The number of amides is 1. The molecule has 2 rings (SSSR count). The molecule has 5 nitrogen and oxygen atoms in total. The van der Waals surface area contributed by atoms with Gasteiger partial charge in [0.1, 0.15) is 0 Å². The Morgan fingerprint density at radius 1 is 1.27 bits per heavy atom. The zero-order chi connectivity index (χ0) is 15.9. The van der Waals surface area contributed by atoms with Gasteiger partial charge in [-0.2, -0.15) is 0 Å². The molecule has 1 aromatic carbocycles. The van der Waals surface area contributed by atoms with Crippen LogP contribution in [0.25, 0.3) is 0 Å². The predicted octanol–water partition coefficient (Wildman–Crippen LogP) is 2.23. The van der Waals surface area contributed by atoms with Gasteiger partial charge in [0.15, 0.2) is 5.75 Å². The van der Waals surface area contributed by atoms with E-state index in [1.165, 1.54) is 37.3 Å². The van der Waals surface area contributed by atoms with Crippen molar-refractivity contribution in [3.05, 3.63) is 23.8 Å². The van der Waals surface area contributed by atoms with Crippen molar-refractivity contribution in [1.29, 1.82) is 0 Å². The minimum atomic E-state index is -0.0849. The monoisotopic (exact) mass is 305 g/mol. The van der Waals surface area contributed by atoms with E-state index in [0.29, 0.717) is 23.6 Å². The quantitative estimate of drug-likeness (QED) is 0.647. The molecule has 2 N–H and O–H groups in total. The molecule has 1 aliphatic heterocycles. The Kier molecular flexibility index (Phi) is 6.07. The minimum absolute atomic E-state index is 0.0849. The highest BCUT2D eigenvalue weighted by molar-refractivity contribution is 5.98. The molecule has 122 valence electrons. The van der Waals surface area contributed by atoms with Crippen molar-refractivity contribution in [2.24, 2.45) is 0 Å². The van der Waals surface area contributed by atoms with Gasteiger partial charge in [-0.3, -0.25) is 4.79 Å². The Balaban J connectivity index is 1.90. The van der Waals surface area contributed by atoms with E-state index >= 15 is 0 Å². The maximum absolute atomic E-state index is 12.2. The number of ether oxygens (including phenoxy) is 1. The summed E-state index contributed by atoms with van der Waals surface area (Å²) in [5.74, 6) is 0.429. The molecule has 0 saturated carbocycles. The molecule has 0 bridgehead atoms. The fourth-order valence-electron chi connectivity index (χ4n) is 2.77. The summed E-state index contributed by atoms with van der Waals surface area (Å²) in [7, 11) is 3.46. The van der Waals surface area contributed by atoms with Gasteiger partial charge < -0.3 is 20.3 Å². The van der Waals surface area contributed by atoms with Gasteiger partial charge in [0.05, 0.1) is 17.9 Å². The smallest absolute Gasteiger partial charge is 0.257 e. The van der Waals surface area contributed by atoms with E-state index in [1.54, 1.807) is 32.3 Å². The van der Waals surface area contributed by atoms with Gasteiger partial charge >= 0.3 is 0 Å². The topological polar surface area (TPSA) is 58.8 Å². The average molecular weight is 305 g/mol. The van der Waals surface area contributed by atoms with Gasteiger partial charge in [-0.25, -0.2) is 0 Å². The van der Waals surface area contributed by atoms with Crippen LogP contribution >= 0.6 is 0 Å². The number of hydrogen-bond donors (Lipinski definition) is 1. The highest BCUT2D eigenvalue weighted by Crippen LogP contribution is 2.27.